The summed E-state index contributed by atoms with van der Waals surface area (Å²) in [5.41, 5.74) is 2.20. The first-order chi connectivity index (χ1) is 11.5. The number of hydrogen-bond donors (Lipinski definition) is 3. The van der Waals surface area contributed by atoms with Crippen LogP contribution in [0.1, 0.15) is 18.4 Å². The van der Waals surface area contributed by atoms with E-state index in [1.165, 1.54) is 16.9 Å². The molecule has 1 fully saturated rings. The molecule has 1 heterocycles. The highest BCUT2D eigenvalue weighted by molar-refractivity contribution is 7.73. The number of carbonyl (C=O) groups is 1. The van der Waals surface area contributed by atoms with Crippen LogP contribution in [0.5, 0.6) is 0 Å². The summed E-state index contributed by atoms with van der Waals surface area (Å²) in [7, 11) is 1.97. The molecule has 0 saturated heterocycles. The number of quaternary nitrogens is 1. The minimum absolute atomic E-state index is 0.0924. The van der Waals surface area contributed by atoms with Gasteiger partial charge in [0.15, 0.2) is 17.2 Å². The molecule has 1 saturated carbocycles. The van der Waals surface area contributed by atoms with Gasteiger partial charge in [-0.3, -0.25) is 4.79 Å². The largest absolute Gasteiger partial charge is 0.348 e. The molecule has 1 amide bonds. The van der Waals surface area contributed by atoms with Crippen molar-refractivity contribution in [1.82, 2.24) is 15.1 Å². The first-order valence-corrected chi connectivity index (χ1v) is 9.24. The highest BCUT2D eigenvalue weighted by atomic mass is 32.1. The van der Waals surface area contributed by atoms with Gasteiger partial charge in [-0.2, -0.15) is 4.68 Å². The standard InChI is InChI=1S/C16H21N5OS2/c1-11-3-5-13(6-4-11)18-15-19-21(16(23)24-15)10-20(2)9-14(22)17-12-7-8-12/h3-6,12H,7-10H2,1-2H3,(H,17,22)(H,18,19)/p+1. The predicted molar refractivity (Wildman–Crippen MR) is 98.3 cm³/mol. The predicted octanol–water partition coefficient (Wildman–Crippen LogP) is 1.48. The summed E-state index contributed by atoms with van der Waals surface area (Å²) in [6, 6.07) is 8.54. The Hall–Kier alpha value is -1.77. The molecule has 3 N–H and O–H groups in total. The molecule has 0 bridgehead atoms. The van der Waals surface area contributed by atoms with Gasteiger partial charge in [0, 0.05) is 11.7 Å². The molecule has 0 aliphatic heterocycles. The molecule has 24 heavy (non-hydrogen) atoms. The van der Waals surface area contributed by atoms with Gasteiger partial charge in [-0.15, -0.1) is 5.10 Å². The van der Waals surface area contributed by atoms with Crippen molar-refractivity contribution in [1.29, 1.82) is 0 Å². The van der Waals surface area contributed by atoms with Crippen LogP contribution in [0.2, 0.25) is 0 Å². The molecule has 8 heteroatoms. The van der Waals surface area contributed by atoms with Crippen LogP contribution in [0, 0.1) is 10.9 Å². The lowest BCUT2D eigenvalue weighted by atomic mass is 10.2. The van der Waals surface area contributed by atoms with E-state index in [-0.39, 0.29) is 5.91 Å². The van der Waals surface area contributed by atoms with E-state index in [2.05, 4.69) is 34.8 Å². The fourth-order valence-corrected chi connectivity index (χ4v) is 3.34. The molecule has 1 atom stereocenters. The van der Waals surface area contributed by atoms with E-state index in [9.17, 15) is 4.79 Å². The number of hydrogen-bond acceptors (Lipinski definition) is 5. The second kappa shape index (κ2) is 7.42. The second-order valence-corrected chi connectivity index (χ2v) is 7.92. The third-order valence-corrected chi connectivity index (χ3v) is 4.96. The van der Waals surface area contributed by atoms with Crippen molar-refractivity contribution < 1.29 is 9.69 Å². The Balaban J connectivity index is 1.57. The third-order valence-electron chi connectivity index (χ3n) is 3.73. The number of carbonyl (C=O) groups excluding carboxylic acids is 1. The number of aryl methyl sites for hydroxylation is 1. The lowest BCUT2D eigenvalue weighted by molar-refractivity contribution is -0.895. The van der Waals surface area contributed by atoms with Gasteiger partial charge in [0.25, 0.3) is 5.91 Å². The molecule has 0 radical (unpaired) electrons. The van der Waals surface area contributed by atoms with Gasteiger partial charge >= 0.3 is 0 Å². The number of rotatable bonds is 7. The SMILES string of the molecule is Cc1ccc(Nc2nn(C[NH+](C)CC(=O)NC3CC3)c(=S)s2)cc1. The van der Waals surface area contributed by atoms with E-state index < -0.39 is 0 Å². The molecule has 1 aliphatic rings. The van der Waals surface area contributed by atoms with Gasteiger partial charge < -0.3 is 15.5 Å². The summed E-state index contributed by atoms with van der Waals surface area (Å²) in [6.07, 6.45) is 2.21. The van der Waals surface area contributed by atoms with Crippen LogP contribution < -0.4 is 15.5 Å². The molecule has 6 nitrogen and oxygen atoms in total. The van der Waals surface area contributed by atoms with E-state index in [1.54, 1.807) is 4.68 Å². The summed E-state index contributed by atoms with van der Waals surface area (Å²) >= 11 is 6.82. The highest BCUT2D eigenvalue weighted by Crippen LogP contribution is 2.20. The van der Waals surface area contributed by atoms with E-state index in [0.29, 0.717) is 23.2 Å². The Morgan fingerprint density at radius 2 is 2.12 bits per heavy atom. The second-order valence-electron chi connectivity index (χ2n) is 6.30. The minimum Gasteiger partial charge on any atom is -0.348 e. The van der Waals surface area contributed by atoms with Crippen LogP contribution in [0.4, 0.5) is 10.8 Å². The number of amides is 1. The van der Waals surface area contributed by atoms with Crippen molar-refractivity contribution in [2.24, 2.45) is 0 Å². The molecular weight excluding hydrogens is 342 g/mol. The lowest BCUT2D eigenvalue weighted by Crippen LogP contribution is -3.09. The first-order valence-electron chi connectivity index (χ1n) is 8.02. The number of aromatic nitrogens is 2. The third kappa shape index (κ3) is 4.86. The summed E-state index contributed by atoms with van der Waals surface area (Å²) in [5, 5.41) is 11.6. The van der Waals surface area contributed by atoms with E-state index in [4.69, 9.17) is 12.2 Å². The van der Waals surface area contributed by atoms with Crippen molar-refractivity contribution >= 4 is 40.3 Å². The number of nitrogens with zero attached hydrogens (tertiary/aromatic N) is 2. The summed E-state index contributed by atoms with van der Waals surface area (Å²) in [6.45, 7) is 3.06. The van der Waals surface area contributed by atoms with Gasteiger partial charge in [0.05, 0.1) is 7.05 Å². The summed E-state index contributed by atoms with van der Waals surface area (Å²) in [4.78, 5) is 12.9. The van der Waals surface area contributed by atoms with Gasteiger partial charge in [-0.25, -0.2) is 0 Å². The van der Waals surface area contributed by atoms with Crippen LogP contribution >= 0.6 is 23.6 Å². The Kier molecular flexibility index (Phi) is 5.27. The van der Waals surface area contributed by atoms with Crippen molar-refractivity contribution in [2.45, 2.75) is 32.5 Å². The quantitative estimate of drug-likeness (QED) is 0.651. The summed E-state index contributed by atoms with van der Waals surface area (Å²) < 4.78 is 2.47. The number of nitrogens with one attached hydrogen (secondary N) is 3. The maximum absolute atomic E-state index is 11.9. The van der Waals surface area contributed by atoms with Crippen LogP contribution in [0.15, 0.2) is 24.3 Å². The first kappa shape index (κ1) is 17.1. The van der Waals surface area contributed by atoms with Gasteiger partial charge in [0.2, 0.25) is 5.13 Å². The highest BCUT2D eigenvalue weighted by Gasteiger charge is 2.24. The molecule has 128 valence electrons. The van der Waals surface area contributed by atoms with Crippen LogP contribution in [-0.4, -0.2) is 35.3 Å². The Labute approximate surface area is 150 Å². The molecule has 1 aromatic carbocycles. The van der Waals surface area contributed by atoms with Crippen LogP contribution in [0.25, 0.3) is 0 Å². The topological polar surface area (TPSA) is 63.4 Å². The molecule has 3 rings (SSSR count). The van der Waals surface area contributed by atoms with Crippen molar-refractivity contribution in [2.75, 3.05) is 18.9 Å². The van der Waals surface area contributed by atoms with E-state index >= 15 is 0 Å². The monoisotopic (exact) mass is 364 g/mol. The smallest absolute Gasteiger partial charge is 0.275 e. The molecule has 1 aromatic heterocycles. The zero-order valence-corrected chi connectivity index (χ0v) is 15.5. The normalized spacial score (nSPS) is 15.1. The Morgan fingerprint density at radius 3 is 2.79 bits per heavy atom. The minimum atomic E-state index is 0.0924. The molecule has 0 spiro atoms. The maximum atomic E-state index is 11.9. The Morgan fingerprint density at radius 1 is 1.42 bits per heavy atom. The molecule has 2 aromatic rings. The lowest BCUT2D eigenvalue weighted by Gasteiger charge is -2.13. The van der Waals surface area contributed by atoms with Crippen molar-refractivity contribution in [3.05, 3.63) is 33.8 Å². The van der Waals surface area contributed by atoms with Crippen molar-refractivity contribution in [3.8, 4) is 0 Å². The zero-order valence-electron chi connectivity index (χ0n) is 13.8. The average Bonchev–Trinajstić information content (AvgIpc) is 3.25. The van der Waals surface area contributed by atoms with Crippen molar-refractivity contribution in [3.63, 3.8) is 0 Å². The van der Waals surface area contributed by atoms with E-state index in [0.717, 1.165) is 28.6 Å². The zero-order chi connectivity index (χ0) is 17.1. The van der Waals surface area contributed by atoms with Gasteiger partial charge in [-0.05, 0) is 44.1 Å². The van der Waals surface area contributed by atoms with Crippen LogP contribution in [-0.2, 0) is 11.5 Å². The Bertz CT molecular complexity index is 764. The molecule has 1 unspecified atom stereocenters. The van der Waals surface area contributed by atoms with E-state index in [1.807, 2.05) is 19.2 Å². The maximum Gasteiger partial charge on any atom is 0.275 e. The molecular formula is C16H22N5OS2+. The average molecular weight is 365 g/mol. The summed E-state index contributed by atoms with van der Waals surface area (Å²) in [5.74, 6) is 0.0924. The van der Waals surface area contributed by atoms with Gasteiger partial charge in [0.1, 0.15) is 0 Å². The fraction of sp³-hybridized carbons (Fsp3) is 0.438. The number of benzene rings is 1. The number of anilines is 2. The van der Waals surface area contributed by atoms with Gasteiger partial charge in [-0.1, -0.05) is 29.0 Å². The fourth-order valence-electron chi connectivity index (χ4n) is 2.31. The van der Waals surface area contributed by atoms with Crippen LogP contribution in [0.3, 0.4) is 0 Å². The number of likely N-dealkylation sites (N-methyl/N-ethyl adjacent to an activating group) is 1. The molecule has 1 aliphatic carbocycles.